The third-order valence-corrected chi connectivity index (χ3v) is 2.42. The molecule has 0 radical (unpaired) electrons. The molecule has 0 bridgehead atoms. The topological polar surface area (TPSA) is 31.4 Å². The van der Waals surface area contributed by atoms with Crippen LogP contribution in [0.4, 0.5) is 0 Å². The molecule has 0 aliphatic rings. The van der Waals surface area contributed by atoms with Crippen LogP contribution in [0, 0.1) is 0 Å². The third kappa shape index (κ3) is 3.65. The molecule has 0 saturated heterocycles. The summed E-state index contributed by atoms with van der Waals surface area (Å²) in [4.78, 5) is 4.07. The molecule has 1 heterocycles. The van der Waals surface area contributed by atoms with Crippen molar-refractivity contribution in [3.63, 3.8) is 0 Å². The van der Waals surface area contributed by atoms with Crippen molar-refractivity contribution in [1.82, 2.24) is 4.98 Å². The van der Waals surface area contributed by atoms with E-state index in [2.05, 4.69) is 18.8 Å². The minimum atomic E-state index is 0.000895. The van der Waals surface area contributed by atoms with Gasteiger partial charge in [-0.05, 0) is 12.8 Å². The molecule has 1 unspecified atom stereocenters. The van der Waals surface area contributed by atoms with Crippen molar-refractivity contribution in [3.05, 3.63) is 23.0 Å². The van der Waals surface area contributed by atoms with Gasteiger partial charge in [-0.3, -0.25) is 0 Å². The predicted octanol–water partition coefficient (Wildman–Crippen LogP) is 3.27. The highest BCUT2D eigenvalue weighted by molar-refractivity contribution is 6.29. The van der Waals surface area contributed by atoms with Crippen LogP contribution >= 0.6 is 11.6 Å². The van der Waals surface area contributed by atoms with Gasteiger partial charge < -0.3 is 9.47 Å². The van der Waals surface area contributed by atoms with Gasteiger partial charge in [-0.1, -0.05) is 25.4 Å². The average Bonchev–Trinajstić information content (AvgIpc) is 2.17. The third-order valence-electron chi connectivity index (χ3n) is 2.21. The lowest BCUT2D eigenvalue weighted by molar-refractivity contribution is 0.0912. The van der Waals surface area contributed by atoms with Gasteiger partial charge in [0.2, 0.25) is 0 Å². The smallest absolute Gasteiger partial charge is 0.132 e. The first-order valence-corrected chi connectivity index (χ1v) is 5.73. The van der Waals surface area contributed by atoms with E-state index in [9.17, 15) is 0 Å². The second-order valence-corrected chi connectivity index (χ2v) is 4.47. The summed E-state index contributed by atoms with van der Waals surface area (Å²) in [6, 6.07) is 1.75. The second kappa shape index (κ2) is 6.06. The van der Waals surface area contributed by atoms with Gasteiger partial charge in [-0.15, -0.1) is 0 Å². The zero-order valence-corrected chi connectivity index (χ0v) is 10.9. The summed E-state index contributed by atoms with van der Waals surface area (Å²) in [6.45, 7) is 6.71. The molecule has 3 nitrogen and oxygen atoms in total. The summed E-state index contributed by atoms with van der Waals surface area (Å²) in [5.74, 6) is 1.15. The fraction of sp³-hybridized carbons (Fsp3) is 0.583. The molecule has 0 saturated carbocycles. The molecule has 0 spiro atoms. The van der Waals surface area contributed by atoms with Crippen molar-refractivity contribution in [2.24, 2.45) is 0 Å². The lowest BCUT2D eigenvalue weighted by atomic mass is 10.1. The van der Waals surface area contributed by atoms with Gasteiger partial charge in [-0.2, -0.15) is 0 Å². The number of halogens is 1. The molecule has 0 aliphatic heterocycles. The van der Waals surface area contributed by atoms with Gasteiger partial charge in [0.1, 0.15) is 17.0 Å². The van der Waals surface area contributed by atoms with Gasteiger partial charge in [-0.25, -0.2) is 4.98 Å². The van der Waals surface area contributed by atoms with E-state index < -0.39 is 0 Å². The monoisotopic (exact) mass is 243 g/mol. The Bertz CT molecular complexity index is 342. The maximum Gasteiger partial charge on any atom is 0.132 e. The molecule has 4 heteroatoms. The van der Waals surface area contributed by atoms with Crippen molar-refractivity contribution in [3.8, 4) is 5.75 Å². The fourth-order valence-electron chi connectivity index (χ4n) is 1.44. The molecule has 1 atom stereocenters. The average molecular weight is 244 g/mol. The molecular formula is C12H18ClNO2. The molecule has 1 rings (SSSR count). The van der Waals surface area contributed by atoms with Gasteiger partial charge in [0, 0.05) is 24.9 Å². The first-order valence-electron chi connectivity index (χ1n) is 5.35. The van der Waals surface area contributed by atoms with Crippen LogP contribution in [0.3, 0.4) is 0 Å². The van der Waals surface area contributed by atoms with E-state index in [1.807, 2.05) is 6.92 Å². The van der Waals surface area contributed by atoms with Crippen LogP contribution in [0.15, 0.2) is 12.3 Å². The van der Waals surface area contributed by atoms with E-state index in [-0.39, 0.29) is 6.10 Å². The van der Waals surface area contributed by atoms with E-state index >= 15 is 0 Å². The summed E-state index contributed by atoms with van der Waals surface area (Å²) >= 11 is 5.86. The van der Waals surface area contributed by atoms with Gasteiger partial charge in [0.25, 0.3) is 0 Å². The standard InChI is InChI=1S/C12H18ClNO2/c1-8(2)10-6-14-12(13)5-11(10)16-9(3)7-15-4/h5-6,8-9H,7H2,1-4H3. The molecule has 0 aromatic carbocycles. The van der Waals surface area contributed by atoms with E-state index in [0.29, 0.717) is 17.7 Å². The lowest BCUT2D eigenvalue weighted by Gasteiger charge is -2.18. The molecule has 16 heavy (non-hydrogen) atoms. The number of hydrogen-bond donors (Lipinski definition) is 0. The summed E-state index contributed by atoms with van der Waals surface area (Å²) in [5, 5.41) is 0.448. The minimum Gasteiger partial charge on any atom is -0.488 e. The molecule has 0 fully saturated rings. The van der Waals surface area contributed by atoms with E-state index in [0.717, 1.165) is 11.3 Å². The maximum atomic E-state index is 5.86. The Morgan fingerprint density at radius 2 is 2.06 bits per heavy atom. The normalized spacial score (nSPS) is 12.9. The zero-order valence-electron chi connectivity index (χ0n) is 10.2. The SMILES string of the molecule is COCC(C)Oc1cc(Cl)ncc1C(C)C. The summed E-state index contributed by atoms with van der Waals surface area (Å²) in [6.07, 6.45) is 1.77. The number of aromatic nitrogens is 1. The number of pyridine rings is 1. The van der Waals surface area contributed by atoms with Gasteiger partial charge in [0.15, 0.2) is 0 Å². The number of nitrogens with zero attached hydrogens (tertiary/aromatic N) is 1. The molecule has 0 amide bonds. The Morgan fingerprint density at radius 1 is 1.38 bits per heavy atom. The van der Waals surface area contributed by atoms with Crippen LogP contribution in [0.5, 0.6) is 5.75 Å². The van der Waals surface area contributed by atoms with Crippen LogP contribution in [0.2, 0.25) is 5.15 Å². The van der Waals surface area contributed by atoms with Crippen molar-refractivity contribution < 1.29 is 9.47 Å². The summed E-state index contributed by atoms with van der Waals surface area (Å²) in [5.41, 5.74) is 1.06. The highest BCUT2D eigenvalue weighted by atomic mass is 35.5. The van der Waals surface area contributed by atoms with Crippen LogP contribution in [-0.2, 0) is 4.74 Å². The minimum absolute atomic E-state index is 0.000895. The Morgan fingerprint density at radius 3 is 2.62 bits per heavy atom. The largest absolute Gasteiger partial charge is 0.488 e. The Balaban J connectivity index is 2.87. The number of ether oxygens (including phenoxy) is 2. The highest BCUT2D eigenvalue weighted by Crippen LogP contribution is 2.28. The maximum absolute atomic E-state index is 5.86. The quantitative estimate of drug-likeness (QED) is 0.744. The van der Waals surface area contributed by atoms with Crippen LogP contribution in [0.25, 0.3) is 0 Å². The molecular weight excluding hydrogens is 226 g/mol. The first-order chi connectivity index (χ1) is 7.54. The Kier molecular flexibility index (Phi) is 5.03. The number of rotatable bonds is 5. The van der Waals surface area contributed by atoms with Crippen LogP contribution in [-0.4, -0.2) is 24.8 Å². The fourth-order valence-corrected chi connectivity index (χ4v) is 1.59. The van der Waals surface area contributed by atoms with Crippen LogP contribution < -0.4 is 4.74 Å². The van der Waals surface area contributed by atoms with E-state index in [1.165, 1.54) is 0 Å². The number of hydrogen-bond acceptors (Lipinski definition) is 3. The van der Waals surface area contributed by atoms with Crippen molar-refractivity contribution in [1.29, 1.82) is 0 Å². The molecule has 0 N–H and O–H groups in total. The van der Waals surface area contributed by atoms with Gasteiger partial charge in [0.05, 0.1) is 6.61 Å². The second-order valence-electron chi connectivity index (χ2n) is 4.08. The molecule has 1 aromatic rings. The molecule has 0 aliphatic carbocycles. The first kappa shape index (κ1) is 13.3. The molecule has 1 aromatic heterocycles. The zero-order chi connectivity index (χ0) is 12.1. The Labute approximate surface area is 102 Å². The highest BCUT2D eigenvalue weighted by Gasteiger charge is 2.12. The summed E-state index contributed by atoms with van der Waals surface area (Å²) in [7, 11) is 1.66. The van der Waals surface area contributed by atoms with Gasteiger partial charge >= 0.3 is 0 Å². The van der Waals surface area contributed by atoms with Crippen molar-refractivity contribution in [2.75, 3.05) is 13.7 Å². The predicted molar refractivity (Wildman–Crippen MR) is 65.3 cm³/mol. The van der Waals surface area contributed by atoms with Crippen LogP contribution in [0.1, 0.15) is 32.3 Å². The Hall–Kier alpha value is -0.800. The lowest BCUT2D eigenvalue weighted by Crippen LogP contribution is -2.19. The molecule has 90 valence electrons. The van der Waals surface area contributed by atoms with E-state index in [1.54, 1.807) is 19.4 Å². The number of methoxy groups -OCH3 is 1. The van der Waals surface area contributed by atoms with E-state index in [4.69, 9.17) is 21.1 Å². The summed E-state index contributed by atoms with van der Waals surface area (Å²) < 4.78 is 10.8. The van der Waals surface area contributed by atoms with Crippen molar-refractivity contribution in [2.45, 2.75) is 32.8 Å². The van der Waals surface area contributed by atoms with Crippen molar-refractivity contribution >= 4 is 11.6 Å².